The van der Waals surface area contributed by atoms with Crippen LogP contribution in [0.25, 0.3) is 33.7 Å². The fourth-order valence-corrected chi connectivity index (χ4v) is 8.67. The summed E-state index contributed by atoms with van der Waals surface area (Å²) in [5, 5.41) is 0. The van der Waals surface area contributed by atoms with E-state index in [-0.39, 0.29) is 10.8 Å². The molecule has 10 rings (SSSR count). The van der Waals surface area contributed by atoms with Gasteiger partial charge in [0.2, 0.25) is 0 Å². The van der Waals surface area contributed by atoms with Crippen molar-refractivity contribution in [1.29, 1.82) is 0 Å². The number of nitrogens with zero attached hydrogens (tertiary/aromatic N) is 2. The van der Waals surface area contributed by atoms with Gasteiger partial charge in [0.05, 0.1) is 16.4 Å². The van der Waals surface area contributed by atoms with Crippen molar-refractivity contribution >= 4 is 16.6 Å². The van der Waals surface area contributed by atoms with Gasteiger partial charge in [-0.25, -0.2) is 4.98 Å². The van der Waals surface area contributed by atoms with Crippen LogP contribution in [0.15, 0.2) is 151 Å². The fraction of sp³-hybridized carbons (Fsp3) is 0.119. The normalized spacial score (nSPS) is 21.4. The molecular formula is C42H30N2. The van der Waals surface area contributed by atoms with E-state index in [4.69, 9.17) is 4.98 Å². The topological polar surface area (TPSA) is 17.8 Å². The molecule has 0 N–H and O–H groups in total. The Hall–Kier alpha value is -5.21. The maximum atomic E-state index is 5.28. The molecule has 0 aliphatic heterocycles. The Balaban J connectivity index is 1.33. The summed E-state index contributed by atoms with van der Waals surface area (Å²) in [7, 11) is 0. The van der Waals surface area contributed by atoms with Gasteiger partial charge in [0.15, 0.2) is 0 Å². The highest BCUT2D eigenvalue weighted by Gasteiger charge is 2.57. The van der Waals surface area contributed by atoms with Crippen molar-refractivity contribution in [3.63, 3.8) is 0 Å². The number of aromatic nitrogens is 2. The molecule has 0 fully saturated rings. The molecule has 1 unspecified atom stereocenters. The number of allylic oxidation sites excluding steroid dienone is 6. The Labute approximate surface area is 257 Å². The molecule has 0 saturated heterocycles. The third kappa shape index (κ3) is 2.89. The van der Waals surface area contributed by atoms with Gasteiger partial charge in [0.25, 0.3) is 0 Å². The van der Waals surface area contributed by atoms with Gasteiger partial charge in [-0.15, -0.1) is 0 Å². The first kappa shape index (κ1) is 24.3. The molecule has 1 spiro atoms. The fourth-order valence-electron chi connectivity index (χ4n) is 8.67. The average Bonchev–Trinajstić information content (AvgIpc) is 3.67. The minimum Gasteiger partial charge on any atom is -0.292 e. The number of para-hydroxylation sites is 3. The van der Waals surface area contributed by atoms with Crippen LogP contribution >= 0.6 is 0 Å². The van der Waals surface area contributed by atoms with Gasteiger partial charge in [0, 0.05) is 22.6 Å². The van der Waals surface area contributed by atoms with Gasteiger partial charge >= 0.3 is 0 Å². The van der Waals surface area contributed by atoms with Crippen molar-refractivity contribution in [3.8, 4) is 17.1 Å². The Bertz CT molecular complexity index is 2310. The highest BCUT2D eigenvalue weighted by molar-refractivity contribution is 5.96. The molecule has 2 atom stereocenters. The minimum atomic E-state index is -0.374. The molecule has 5 aromatic carbocycles. The smallest absolute Gasteiger partial charge is 0.145 e. The molecule has 4 aliphatic rings. The molecule has 2 nitrogen and oxygen atoms in total. The Morgan fingerprint density at radius 1 is 0.636 bits per heavy atom. The summed E-state index contributed by atoms with van der Waals surface area (Å²) in [5.41, 5.74) is 16.6. The van der Waals surface area contributed by atoms with Gasteiger partial charge in [-0.3, -0.25) is 4.57 Å². The quantitative estimate of drug-likeness (QED) is 0.205. The zero-order chi connectivity index (χ0) is 29.2. The van der Waals surface area contributed by atoms with E-state index in [1.54, 1.807) is 0 Å². The first-order chi connectivity index (χ1) is 21.6. The van der Waals surface area contributed by atoms with E-state index in [0.717, 1.165) is 28.1 Å². The lowest BCUT2D eigenvalue weighted by Gasteiger charge is -2.48. The molecule has 6 aromatic rings. The summed E-state index contributed by atoms with van der Waals surface area (Å²) >= 11 is 0. The van der Waals surface area contributed by atoms with Gasteiger partial charge < -0.3 is 0 Å². The van der Waals surface area contributed by atoms with Crippen molar-refractivity contribution in [1.82, 2.24) is 9.55 Å². The Morgan fingerprint density at radius 2 is 1.34 bits per heavy atom. The van der Waals surface area contributed by atoms with Crippen molar-refractivity contribution in [3.05, 3.63) is 184 Å². The Morgan fingerprint density at radius 3 is 2.20 bits per heavy atom. The van der Waals surface area contributed by atoms with Crippen molar-refractivity contribution in [2.24, 2.45) is 5.92 Å². The van der Waals surface area contributed by atoms with E-state index in [0.29, 0.717) is 5.92 Å². The standard InChI is InChI=1S/C42H30N2/c1-41(2)33-16-8-9-17-35(33)42(32-15-7-6-14-29(32)30-22-20-26-24-31(26)39(30)42)36-25-27(21-23-34(36)41)40-43-37-18-10-11-19-38(37)44(40)28-12-4-3-5-13-28/h3-25,31H,1-2H3/t31-,42?/m1/s1. The van der Waals surface area contributed by atoms with Gasteiger partial charge in [-0.2, -0.15) is 0 Å². The molecule has 0 amide bonds. The molecule has 1 heterocycles. The highest BCUT2D eigenvalue weighted by atomic mass is 15.1. The zero-order valence-corrected chi connectivity index (χ0v) is 24.8. The lowest BCUT2D eigenvalue weighted by molar-refractivity contribution is 0.550. The summed E-state index contributed by atoms with van der Waals surface area (Å²) in [4.78, 5) is 5.28. The van der Waals surface area contributed by atoms with Crippen LogP contribution in [0.2, 0.25) is 0 Å². The van der Waals surface area contributed by atoms with Crippen LogP contribution < -0.4 is 0 Å². The highest BCUT2D eigenvalue weighted by Crippen LogP contribution is 2.66. The second-order valence-corrected chi connectivity index (χ2v) is 13.1. The van der Waals surface area contributed by atoms with Crippen LogP contribution in [0.4, 0.5) is 0 Å². The van der Waals surface area contributed by atoms with E-state index in [1.807, 2.05) is 0 Å². The number of benzene rings is 5. The maximum Gasteiger partial charge on any atom is 0.145 e. The van der Waals surface area contributed by atoms with Crippen LogP contribution in [0.1, 0.15) is 47.2 Å². The maximum absolute atomic E-state index is 5.28. The SMILES string of the molecule is CC1(C)c2ccccc2C2(C3=C(C=CC4=C[C@H]43)c3ccccc32)c2cc(-c3nc4ccccc4n3-c3ccccc3)ccc21. The summed E-state index contributed by atoms with van der Waals surface area (Å²) < 4.78 is 2.32. The van der Waals surface area contributed by atoms with Crippen molar-refractivity contribution < 1.29 is 0 Å². The summed E-state index contributed by atoms with van der Waals surface area (Å²) in [5.74, 6) is 1.35. The molecular weight excluding hydrogens is 532 g/mol. The lowest BCUT2D eigenvalue weighted by atomic mass is 9.54. The molecule has 2 heteroatoms. The lowest BCUT2D eigenvalue weighted by Crippen LogP contribution is -2.42. The number of hydrogen-bond acceptors (Lipinski definition) is 1. The van der Waals surface area contributed by atoms with Crippen LogP contribution in [0, 0.1) is 5.92 Å². The van der Waals surface area contributed by atoms with Crippen LogP contribution in [-0.2, 0) is 10.8 Å². The van der Waals surface area contributed by atoms with Crippen LogP contribution in [0.5, 0.6) is 0 Å². The number of rotatable bonds is 2. The third-order valence-electron chi connectivity index (χ3n) is 10.6. The third-order valence-corrected chi connectivity index (χ3v) is 10.6. The molecule has 1 aromatic heterocycles. The van der Waals surface area contributed by atoms with E-state index in [2.05, 4.69) is 158 Å². The molecule has 0 radical (unpaired) electrons. The predicted molar refractivity (Wildman–Crippen MR) is 179 cm³/mol. The van der Waals surface area contributed by atoms with Crippen LogP contribution in [-0.4, -0.2) is 9.55 Å². The summed E-state index contributed by atoms with van der Waals surface area (Å²) in [6.45, 7) is 4.79. The number of imidazole rings is 1. The van der Waals surface area contributed by atoms with Gasteiger partial charge in [-0.1, -0.05) is 123 Å². The average molecular weight is 563 g/mol. The molecule has 44 heavy (non-hydrogen) atoms. The summed E-state index contributed by atoms with van der Waals surface area (Å²) in [6.07, 6.45) is 7.16. The second kappa shape index (κ2) is 8.24. The van der Waals surface area contributed by atoms with E-state index < -0.39 is 0 Å². The molecule has 4 aliphatic carbocycles. The van der Waals surface area contributed by atoms with Gasteiger partial charge in [-0.05, 0) is 80.4 Å². The number of fused-ring (bicyclic) bond motifs is 11. The predicted octanol–water partition coefficient (Wildman–Crippen LogP) is 9.56. The zero-order valence-electron chi connectivity index (χ0n) is 24.8. The molecule has 208 valence electrons. The molecule has 0 saturated carbocycles. The number of hydrogen-bond donors (Lipinski definition) is 0. The van der Waals surface area contributed by atoms with Crippen molar-refractivity contribution in [2.75, 3.05) is 0 Å². The molecule has 0 bridgehead atoms. The van der Waals surface area contributed by atoms with Crippen LogP contribution in [0.3, 0.4) is 0 Å². The summed E-state index contributed by atoms with van der Waals surface area (Å²) in [6, 6.07) is 44.7. The van der Waals surface area contributed by atoms with E-state index >= 15 is 0 Å². The monoisotopic (exact) mass is 562 g/mol. The second-order valence-electron chi connectivity index (χ2n) is 13.1. The van der Waals surface area contributed by atoms with E-state index in [1.165, 1.54) is 50.1 Å². The largest absolute Gasteiger partial charge is 0.292 e. The van der Waals surface area contributed by atoms with E-state index in [9.17, 15) is 0 Å². The first-order valence-corrected chi connectivity index (χ1v) is 15.6. The Kier molecular flexibility index (Phi) is 4.54. The first-order valence-electron chi connectivity index (χ1n) is 15.6. The van der Waals surface area contributed by atoms with Crippen molar-refractivity contribution in [2.45, 2.75) is 24.7 Å². The minimum absolute atomic E-state index is 0.155. The van der Waals surface area contributed by atoms with Gasteiger partial charge in [0.1, 0.15) is 5.82 Å².